The minimum absolute atomic E-state index is 0.0132. The van der Waals surface area contributed by atoms with Crippen LogP contribution >= 0.6 is 0 Å². The summed E-state index contributed by atoms with van der Waals surface area (Å²) in [5, 5.41) is 9.16. The fourth-order valence-corrected chi connectivity index (χ4v) is 2.77. The van der Waals surface area contributed by atoms with Gasteiger partial charge in [0, 0.05) is 0 Å². The van der Waals surface area contributed by atoms with E-state index in [1.54, 1.807) is 0 Å². The van der Waals surface area contributed by atoms with E-state index in [0.717, 1.165) is 19.3 Å². The Morgan fingerprint density at radius 3 is 2.60 bits per heavy atom. The maximum absolute atomic E-state index is 11.1. The van der Waals surface area contributed by atoms with Gasteiger partial charge < -0.3 is 14.6 Å². The lowest BCUT2D eigenvalue weighted by Gasteiger charge is -2.34. The highest BCUT2D eigenvalue weighted by molar-refractivity contribution is 5.70. The van der Waals surface area contributed by atoms with Gasteiger partial charge in [-0.15, -0.1) is 0 Å². The van der Waals surface area contributed by atoms with Gasteiger partial charge in [0.05, 0.1) is 18.1 Å². The van der Waals surface area contributed by atoms with E-state index in [4.69, 9.17) is 14.6 Å². The number of hydrogen-bond acceptors (Lipinski definition) is 3. The first-order valence-electron chi connectivity index (χ1n) is 5.68. The summed E-state index contributed by atoms with van der Waals surface area (Å²) in [6.45, 7) is 2.43. The molecule has 4 heteroatoms. The molecule has 0 aromatic heterocycles. The van der Waals surface area contributed by atoms with Gasteiger partial charge in [0.2, 0.25) is 0 Å². The second-order valence-corrected chi connectivity index (χ2v) is 4.49. The second-order valence-electron chi connectivity index (χ2n) is 4.49. The van der Waals surface area contributed by atoms with Crippen LogP contribution in [0.4, 0.5) is 0 Å². The van der Waals surface area contributed by atoms with Crippen molar-refractivity contribution in [1.29, 1.82) is 0 Å². The van der Waals surface area contributed by atoms with Crippen molar-refractivity contribution in [2.24, 2.45) is 11.8 Å². The summed E-state index contributed by atoms with van der Waals surface area (Å²) in [6.07, 6.45) is 3.62. The Morgan fingerprint density at radius 1 is 1.33 bits per heavy atom. The summed E-state index contributed by atoms with van der Waals surface area (Å²) >= 11 is 0. The number of carboxylic acids is 1. The SMILES string of the molecule is CCCC1CC2OCOC2CC1C(=O)O. The molecule has 4 unspecified atom stereocenters. The molecule has 1 aliphatic heterocycles. The first-order chi connectivity index (χ1) is 7.22. The van der Waals surface area contributed by atoms with E-state index in [2.05, 4.69) is 6.92 Å². The van der Waals surface area contributed by atoms with Crippen molar-refractivity contribution >= 4 is 5.97 Å². The zero-order valence-corrected chi connectivity index (χ0v) is 9.02. The van der Waals surface area contributed by atoms with Crippen LogP contribution in [0.15, 0.2) is 0 Å². The average Bonchev–Trinajstić information content (AvgIpc) is 2.63. The summed E-state index contributed by atoms with van der Waals surface area (Å²) in [6, 6.07) is 0. The molecule has 0 radical (unpaired) electrons. The normalized spacial score (nSPS) is 40.1. The Morgan fingerprint density at radius 2 is 2.00 bits per heavy atom. The van der Waals surface area contributed by atoms with Crippen molar-refractivity contribution in [1.82, 2.24) is 0 Å². The Kier molecular flexibility index (Phi) is 3.26. The quantitative estimate of drug-likeness (QED) is 0.776. The Bertz CT molecular complexity index is 241. The molecule has 1 saturated carbocycles. The fraction of sp³-hybridized carbons (Fsp3) is 0.909. The first kappa shape index (κ1) is 10.9. The summed E-state index contributed by atoms with van der Waals surface area (Å²) < 4.78 is 10.8. The van der Waals surface area contributed by atoms with E-state index >= 15 is 0 Å². The number of aliphatic carboxylic acids is 1. The molecule has 1 aliphatic carbocycles. The lowest BCUT2D eigenvalue weighted by molar-refractivity contribution is -0.147. The van der Waals surface area contributed by atoms with E-state index in [0.29, 0.717) is 13.2 Å². The number of fused-ring (bicyclic) bond motifs is 1. The van der Waals surface area contributed by atoms with Gasteiger partial charge in [-0.2, -0.15) is 0 Å². The molecule has 4 atom stereocenters. The van der Waals surface area contributed by atoms with Gasteiger partial charge >= 0.3 is 5.97 Å². The van der Waals surface area contributed by atoms with Crippen LogP contribution in [-0.2, 0) is 14.3 Å². The lowest BCUT2D eigenvalue weighted by Crippen LogP contribution is -2.40. The number of rotatable bonds is 3. The van der Waals surface area contributed by atoms with E-state index in [1.165, 1.54) is 0 Å². The molecule has 1 N–H and O–H groups in total. The number of ether oxygens (including phenoxy) is 2. The maximum atomic E-state index is 11.1. The molecule has 0 aromatic rings. The molecule has 1 saturated heterocycles. The first-order valence-corrected chi connectivity index (χ1v) is 5.68. The fourth-order valence-electron chi connectivity index (χ4n) is 2.77. The van der Waals surface area contributed by atoms with Gasteiger partial charge in [0.1, 0.15) is 6.79 Å². The zero-order valence-electron chi connectivity index (χ0n) is 9.02. The Balaban J connectivity index is 2.04. The molecule has 0 spiro atoms. The monoisotopic (exact) mass is 214 g/mol. The highest BCUT2D eigenvalue weighted by Crippen LogP contribution is 2.38. The number of carbonyl (C=O) groups is 1. The van der Waals surface area contributed by atoms with E-state index in [1.807, 2.05) is 0 Å². The molecule has 86 valence electrons. The third-order valence-electron chi connectivity index (χ3n) is 3.55. The summed E-state index contributed by atoms with van der Waals surface area (Å²) in [4.78, 5) is 11.1. The predicted molar refractivity (Wildman–Crippen MR) is 53.4 cm³/mol. The van der Waals surface area contributed by atoms with Crippen molar-refractivity contribution in [3.8, 4) is 0 Å². The number of carboxylic acid groups (broad SMARTS) is 1. The van der Waals surface area contributed by atoms with Gasteiger partial charge in [0.25, 0.3) is 0 Å². The summed E-state index contributed by atoms with van der Waals surface area (Å²) in [5.74, 6) is -0.661. The van der Waals surface area contributed by atoms with Gasteiger partial charge in [-0.05, 0) is 25.2 Å². The van der Waals surface area contributed by atoms with E-state index < -0.39 is 5.97 Å². The van der Waals surface area contributed by atoms with Crippen LogP contribution in [0.25, 0.3) is 0 Å². The molecule has 0 amide bonds. The van der Waals surface area contributed by atoms with Crippen LogP contribution in [-0.4, -0.2) is 30.1 Å². The van der Waals surface area contributed by atoms with Crippen LogP contribution in [0.3, 0.4) is 0 Å². The summed E-state index contributed by atoms with van der Waals surface area (Å²) in [5.41, 5.74) is 0. The third-order valence-corrected chi connectivity index (χ3v) is 3.55. The van der Waals surface area contributed by atoms with Crippen molar-refractivity contribution in [2.45, 2.75) is 44.8 Å². The highest BCUT2D eigenvalue weighted by atomic mass is 16.7. The smallest absolute Gasteiger partial charge is 0.306 e. The van der Waals surface area contributed by atoms with Crippen molar-refractivity contribution in [2.75, 3.05) is 6.79 Å². The van der Waals surface area contributed by atoms with Crippen LogP contribution in [0.5, 0.6) is 0 Å². The highest BCUT2D eigenvalue weighted by Gasteiger charge is 2.43. The Hall–Kier alpha value is -0.610. The predicted octanol–water partition coefficient (Wildman–Crippen LogP) is 1.64. The molecular formula is C11H18O4. The summed E-state index contributed by atoms with van der Waals surface area (Å²) in [7, 11) is 0. The molecule has 0 aromatic carbocycles. The zero-order chi connectivity index (χ0) is 10.8. The Labute approximate surface area is 89.6 Å². The molecule has 2 aliphatic rings. The maximum Gasteiger partial charge on any atom is 0.306 e. The van der Waals surface area contributed by atoms with Gasteiger partial charge in [-0.25, -0.2) is 0 Å². The second kappa shape index (κ2) is 4.49. The van der Waals surface area contributed by atoms with Crippen LogP contribution in [0, 0.1) is 11.8 Å². The van der Waals surface area contributed by atoms with E-state index in [-0.39, 0.29) is 24.0 Å². The molecule has 0 bridgehead atoms. The standard InChI is InChI=1S/C11H18O4/c1-2-3-7-4-9-10(15-6-14-9)5-8(7)11(12)13/h7-10H,2-6H2,1H3,(H,12,13). The van der Waals surface area contributed by atoms with Crippen molar-refractivity contribution < 1.29 is 19.4 Å². The molecule has 4 nitrogen and oxygen atoms in total. The largest absolute Gasteiger partial charge is 0.481 e. The molecule has 2 rings (SSSR count). The van der Waals surface area contributed by atoms with Crippen LogP contribution in [0.2, 0.25) is 0 Å². The molecule has 2 fully saturated rings. The lowest BCUT2D eigenvalue weighted by atomic mass is 9.74. The third kappa shape index (κ3) is 2.16. The van der Waals surface area contributed by atoms with Gasteiger partial charge in [-0.1, -0.05) is 13.3 Å². The van der Waals surface area contributed by atoms with Gasteiger partial charge in [-0.3, -0.25) is 4.79 Å². The van der Waals surface area contributed by atoms with Crippen molar-refractivity contribution in [3.63, 3.8) is 0 Å². The van der Waals surface area contributed by atoms with Crippen LogP contribution in [0.1, 0.15) is 32.6 Å². The molecular weight excluding hydrogens is 196 g/mol. The van der Waals surface area contributed by atoms with Gasteiger partial charge in [0.15, 0.2) is 0 Å². The average molecular weight is 214 g/mol. The minimum atomic E-state index is -0.678. The number of hydrogen-bond donors (Lipinski definition) is 1. The van der Waals surface area contributed by atoms with Crippen LogP contribution < -0.4 is 0 Å². The minimum Gasteiger partial charge on any atom is -0.481 e. The molecule has 15 heavy (non-hydrogen) atoms. The van der Waals surface area contributed by atoms with E-state index in [9.17, 15) is 4.79 Å². The molecule has 1 heterocycles. The van der Waals surface area contributed by atoms with Crippen molar-refractivity contribution in [3.05, 3.63) is 0 Å². The topological polar surface area (TPSA) is 55.8 Å².